The molecule has 0 saturated carbocycles. The Morgan fingerprint density at radius 3 is 2.65 bits per heavy atom. The highest BCUT2D eigenvalue weighted by atomic mass is 35.5. The number of ether oxygens (including phenoxy) is 1. The van der Waals surface area contributed by atoms with Gasteiger partial charge in [-0.05, 0) is 31.2 Å². The summed E-state index contributed by atoms with van der Waals surface area (Å²) in [7, 11) is 0. The minimum Gasteiger partial charge on any atom is -0.494 e. The Balaban J connectivity index is 2.20. The van der Waals surface area contributed by atoms with E-state index >= 15 is 0 Å². The average Bonchev–Trinajstić information content (AvgIpc) is 3.07. The highest BCUT2D eigenvalue weighted by molar-refractivity contribution is 6.30. The molecule has 3 rings (SSSR count). The van der Waals surface area contributed by atoms with Crippen molar-refractivity contribution in [2.75, 3.05) is 18.1 Å². The molecule has 0 unspecified atom stereocenters. The van der Waals surface area contributed by atoms with Crippen molar-refractivity contribution in [3.63, 3.8) is 0 Å². The molecule has 0 atom stereocenters. The fourth-order valence-electron chi connectivity index (χ4n) is 2.67. The molecule has 1 amide bonds. The van der Waals surface area contributed by atoms with Gasteiger partial charge in [0, 0.05) is 24.7 Å². The molecule has 0 spiro atoms. The lowest BCUT2D eigenvalue weighted by atomic mass is 10.2. The quantitative estimate of drug-likeness (QED) is 0.641. The van der Waals surface area contributed by atoms with Crippen molar-refractivity contribution >= 4 is 34.8 Å². The number of fused-ring (bicyclic) bond motifs is 1. The van der Waals surface area contributed by atoms with E-state index in [-0.39, 0.29) is 24.0 Å². The molecule has 136 valence electrons. The maximum absolute atomic E-state index is 12.1. The molecule has 0 aliphatic rings. The summed E-state index contributed by atoms with van der Waals surface area (Å²) in [6.07, 6.45) is 0.424. The summed E-state index contributed by atoms with van der Waals surface area (Å²) in [5, 5.41) is 23.5. The molecule has 2 N–H and O–H groups in total. The monoisotopic (exact) mass is 376 g/mol. The number of benzene rings is 1. The number of halogens is 1. The van der Waals surface area contributed by atoms with Crippen LogP contribution in [0.15, 0.2) is 36.5 Å². The van der Waals surface area contributed by atoms with E-state index in [1.165, 1.54) is 10.7 Å². The fourth-order valence-corrected chi connectivity index (χ4v) is 2.94. The van der Waals surface area contributed by atoms with Crippen LogP contribution >= 0.6 is 11.6 Å². The zero-order valence-corrected chi connectivity index (χ0v) is 14.7. The van der Waals surface area contributed by atoms with Crippen LogP contribution in [0.3, 0.4) is 0 Å². The van der Waals surface area contributed by atoms with Crippen molar-refractivity contribution in [3.05, 3.63) is 47.2 Å². The van der Waals surface area contributed by atoms with Gasteiger partial charge < -0.3 is 14.9 Å². The first-order valence-electron chi connectivity index (χ1n) is 7.95. The van der Waals surface area contributed by atoms with Crippen LogP contribution in [-0.2, 0) is 6.42 Å². The minimum atomic E-state index is -1.22. The zero-order chi connectivity index (χ0) is 18.7. The summed E-state index contributed by atoms with van der Waals surface area (Å²) in [6.45, 7) is 2.17. The Kier molecular flexibility index (Phi) is 5.24. The molecule has 26 heavy (non-hydrogen) atoms. The summed E-state index contributed by atoms with van der Waals surface area (Å²) in [4.78, 5) is 17.3. The van der Waals surface area contributed by atoms with Gasteiger partial charge in [0.05, 0.1) is 18.5 Å². The predicted octanol–water partition coefficient (Wildman–Crippen LogP) is 3.13. The van der Waals surface area contributed by atoms with Gasteiger partial charge in [-0.15, -0.1) is 0 Å². The molecular weight excluding hydrogens is 360 g/mol. The standard InChI is InChI=1S/C17H17ClN4O4/c1-2-26-12-5-3-11(4-6-12)21(17(24)25)16-13(8-10-23)15(18)20-14-7-9-19-22(14)16/h3-7,9,23H,2,8,10H2,1H3,(H,24,25). The first-order valence-corrected chi connectivity index (χ1v) is 8.33. The second-order valence-electron chi connectivity index (χ2n) is 5.32. The van der Waals surface area contributed by atoms with Crippen molar-refractivity contribution < 1.29 is 19.7 Å². The normalized spacial score (nSPS) is 10.9. The topological polar surface area (TPSA) is 100 Å². The van der Waals surface area contributed by atoms with Crippen molar-refractivity contribution in [2.24, 2.45) is 0 Å². The molecule has 1 aromatic carbocycles. The van der Waals surface area contributed by atoms with Crippen LogP contribution in [0.2, 0.25) is 5.15 Å². The average molecular weight is 377 g/mol. The summed E-state index contributed by atoms with van der Waals surface area (Å²) in [6, 6.07) is 8.25. The van der Waals surface area contributed by atoms with Crippen LogP contribution in [0.4, 0.5) is 16.3 Å². The van der Waals surface area contributed by atoms with Gasteiger partial charge >= 0.3 is 6.09 Å². The first kappa shape index (κ1) is 18.0. The third-order valence-electron chi connectivity index (χ3n) is 3.73. The van der Waals surface area contributed by atoms with E-state index in [1.807, 2.05) is 6.92 Å². The van der Waals surface area contributed by atoms with E-state index in [2.05, 4.69) is 10.1 Å². The van der Waals surface area contributed by atoms with Gasteiger partial charge in [0.1, 0.15) is 10.9 Å². The summed E-state index contributed by atoms with van der Waals surface area (Å²) >= 11 is 6.24. The fraction of sp³-hybridized carbons (Fsp3) is 0.235. The number of carbonyl (C=O) groups is 1. The number of hydrogen-bond acceptors (Lipinski definition) is 5. The van der Waals surface area contributed by atoms with Crippen LogP contribution < -0.4 is 9.64 Å². The van der Waals surface area contributed by atoms with E-state index in [1.54, 1.807) is 30.3 Å². The summed E-state index contributed by atoms with van der Waals surface area (Å²) in [5.74, 6) is 0.852. The smallest absolute Gasteiger partial charge is 0.417 e. The van der Waals surface area contributed by atoms with Crippen molar-refractivity contribution in [3.8, 4) is 5.75 Å². The van der Waals surface area contributed by atoms with Gasteiger partial charge in [0.25, 0.3) is 0 Å². The van der Waals surface area contributed by atoms with E-state index < -0.39 is 6.09 Å². The highest BCUT2D eigenvalue weighted by Gasteiger charge is 2.26. The lowest BCUT2D eigenvalue weighted by Crippen LogP contribution is -2.28. The van der Waals surface area contributed by atoms with Gasteiger partial charge in [-0.2, -0.15) is 9.61 Å². The van der Waals surface area contributed by atoms with Gasteiger partial charge in [-0.1, -0.05) is 11.6 Å². The summed E-state index contributed by atoms with van der Waals surface area (Å²) in [5.41, 5.74) is 1.18. The molecule has 8 nitrogen and oxygen atoms in total. The lowest BCUT2D eigenvalue weighted by Gasteiger charge is -2.23. The molecule has 0 aliphatic heterocycles. The Morgan fingerprint density at radius 2 is 2.04 bits per heavy atom. The largest absolute Gasteiger partial charge is 0.494 e. The number of amides is 1. The molecule has 0 fully saturated rings. The Hall–Kier alpha value is -2.84. The Labute approximate surface area is 154 Å². The number of aromatic nitrogens is 3. The van der Waals surface area contributed by atoms with Crippen LogP contribution in [0, 0.1) is 0 Å². The van der Waals surface area contributed by atoms with Crippen molar-refractivity contribution in [1.82, 2.24) is 14.6 Å². The predicted molar refractivity (Wildman–Crippen MR) is 96.6 cm³/mol. The molecule has 9 heteroatoms. The Morgan fingerprint density at radius 1 is 1.31 bits per heavy atom. The second kappa shape index (κ2) is 7.59. The van der Waals surface area contributed by atoms with Gasteiger partial charge in [-0.3, -0.25) is 0 Å². The SMILES string of the molecule is CCOc1ccc(N(C(=O)O)c2c(CCO)c(Cl)nc3ccnn23)cc1. The number of rotatable bonds is 6. The Bertz CT molecular complexity index is 926. The highest BCUT2D eigenvalue weighted by Crippen LogP contribution is 2.33. The van der Waals surface area contributed by atoms with E-state index in [9.17, 15) is 15.0 Å². The van der Waals surface area contributed by atoms with Crippen LogP contribution in [0.25, 0.3) is 5.65 Å². The van der Waals surface area contributed by atoms with E-state index in [0.717, 1.165) is 4.90 Å². The first-order chi connectivity index (χ1) is 12.6. The maximum Gasteiger partial charge on any atom is 0.417 e. The number of anilines is 2. The number of nitrogens with zero attached hydrogens (tertiary/aromatic N) is 4. The van der Waals surface area contributed by atoms with Crippen molar-refractivity contribution in [1.29, 1.82) is 0 Å². The summed E-state index contributed by atoms with van der Waals surface area (Å²) < 4.78 is 6.79. The maximum atomic E-state index is 12.1. The molecule has 2 aromatic heterocycles. The van der Waals surface area contributed by atoms with Crippen LogP contribution in [-0.4, -0.2) is 44.1 Å². The van der Waals surface area contributed by atoms with Crippen LogP contribution in [0.1, 0.15) is 12.5 Å². The molecular formula is C17H17ClN4O4. The number of aliphatic hydroxyl groups is 1. The number of hydrogen-bond donors (Lipinski definition) is 2. The van der Waals surface area contributed by atoms with E-state index in [0.29, 0.717) is 29.3 Å². The van der Waals surface area contributed by atoms with E-state index in [4.69, 9.17) is 16.3 Å². The second-order valence-corrected chi connectivity index (χ2v) is 5.68. The third-order valence-corrected chi connectivity index (χ3v) is 4.04. The van der Waals surface area contributed by atoms with Crippen LogP contribution in [0.5, 0.6) is 5.75 Å². The molecule has 0 saturated heterocycles. The zero-order valence-electron chi connectivity index (χ0n) is 14.0. The number of aliphatic hydroxyl groups excluding tert-OH is 1. The lowest BCUT2D eigenvalue weighted by molar-refractivity contribution is 0.204. The van der Waals surface area contributed by atoms with Gasteiger partial charge in [-0.25, -0.2) is 14.7 Å². The molecule has 2 heterocycles. The third kappa shape index (κ3) is 3.29. The molecule has 0 radical (unpaired) electrons. The molecule has 3 aromatic rings. The molecule has 0 aliphatic carbocycles. The van der Waals surface area contributed by atoms with Crippen molar-refractivity contribution in [2.45, 2.75) is 13.3 Å². The van der Waals surface area contributed by atoms with Gasteiger partial charge in [0.2, 0.25) is 0 Å². The molecule has 0 bridgehead atoms. The number of carboxylic acid groups (broad SMARTS) is 1. The van der Waals surface area contributed by atoms with Gasteiger partial charge in [0.15, 0.2) is 11.5 Å². The minimum absolute atomic E-state index is 0.124.